The minimum atomic E-state index is -0.923. The van der Waals surface area contributed by atoms with Gasteiger partial charge in [0.15, 0.2) is 0 Å². The maximum atomic E-state index is 11.2. The van der Waals surface area contributed by atoms with E-state index in [0.29, 0.717) is 5.92 Å². The van der Waals surface area contributed by atoms with Crippen LogP contribution < -0.4 is 0 Å². The van der Waals surface area contributed by atoms with Gasteiger partial charge in [-0.1, -0.05) is 23.6 Å². The number of allylic oxidation sites excluding steroid dienone is 3. The predicted molar refractivity (Wildman–Crippen MR) is 79.6 cm³/mol. The molecular formula is C17H24O4. The number of carbonyl (C=O) groups excluding carboxylic acids is 2. The van der Waals surface area contributed by atoms with Crippen molar-refractivity contribution < 1.29 is 19.1 Å². The monoisotopic (exact) mass is 292 g/mol. The van der Waals surface area contributed by atoms with Crippen LogP contribution in [0.3, 0.4) is 0 Å². The van der Waals surface area contributed by atoms with Gasteiger partial charge in [-0.3, -0.25) is 4.79 Å². The molecule has 4 nitrogen and oxygen atoms in total. The van der Waals surface area contributed by atoms with Crippen molar-refractivity contribution in [3.8, 4) is 0 Å². The lowest BCUT2D eigenvalue weighted by Gasteiger charge is -2.29. The predicted octanol–water partition coefficient (Wildman–Crippen LogP) is 4.16. The zero-order chi connectivity index (χ0) is 15.4. The van der Waals surface area contributed by atoms with Crippen LogP contribution in [0.2, 0.25) is 0 Å². The summed E-state index contributed by atoms with van der Waals surface area (Å²) in [5, 5.41) is 0. The lowest BCUT2D eigenvalue weighted by Crippen LogP contribution is -2.17. The molecule has 0 aromatic rings. The molecule has 0 amide bonds. The van der Waals surface area contributed by atoms with E-state index in [-0.39, 0.29) is 6.61 Å². The standard InChI is InChI=1S/C17H24O4/c1-11(10-20-17(19)21-13(3)18)9-15-6-4-5-14-8-7-12(2)16(14)15/h9,14-15H,4-8,10H2,1-3H3/b11-9-/t14?,15-/m0/s1. The first kappa shape index (κ1) is 15.8. The Morgan fingerprint density at radius 1 is 1.24 bits per heavy atom. The summed E-state index contributed by atoms with van der Waals surface area (Å²) in [4.78, 5) is 21.8. The molecule has 21 heavy (non-hydrogen) atoms. The molecule has 2 rings (SSSR count). The zero-order valence-electron chi connectivity index (χ0n) is 13.1. The van der Waals surface area contributed by atoms with Crippen LogP contribution in [0.25, 0.3) is 0 Å². The molecule has 0 saturated heterocycles. The van der Waals surface area contributed by atoms with Crippen molar-refractivity contribution in [3.63, 3.8) is 0 Å². The van der Waals surface area contributed by atoms with Crippen LogP contribution in [0.1, 0.15) is 52.9 Å². The van der Waals surface area contributed by atoms with Gasteiger partial charge in [0.05, 0.1) is 0 Å². The van der Waals surface area contributed by atoms with E-state index in [2.05, 4.69) is 17.7 Å². The molecule has 116 valence electrons. The third-order valence-electron chi connectivity index (χ3n) is 4.40. The number of hydrogen-bond donors (Lipinski definition) is 0. The van der Waals surface area contributed by atoms with Gasteiger partial charge in [-0.25, -0.2) is 4.79 Å². The van der Waals surface area contributed by atoms with Gasteiger partial charge >= 0.3 is 12.1 Å². The van der Waals surface area contributed by atoms with Gasteiger partial charge < -0.3 is 9.47 Å². The van der Waals surface area contributed by atoms with Crippen molar-refractivity contribution >= 4 is 12.1 Å². The van der Waals surface area contributed by atoms with Gasteiger partial charge in [-0.2, -0.15) is 0 Å². The molecule has 2 aliphatic rings. The summed E-state index contributed by atoms with van der Waals surface area (Å²) in [6, 6.07) is 0. The van der Waals surface area contributed by atoms with Crippen LogP contribution in [0.5, 0.6) is 0 Å². The lowest BCUT2D eigenvalue weighted by atomic mass is 9.77. The Hall–Kier alpha value is -1.58. The average molecular weight is 292 g/mol. The van der Waals surface area contributed by atoms with Crippen LogP contribution in [-0.4, -0.2) is 18.7 Å². The quantitative estimate of drug-likeness (QED) is 0.445. The molecule has 0 bridgehead atoms. The highest BCUT2D eigenvalue weighted by Gasteiger charge is 2.31. The molecule has 0 spiro atoms. The topological polar surface area (TPSA) is 52.6 Å². The Bertz CT molecular complexity index is 487. The first-order chi connectivity index (χ1) is 9.97. The van der Waals surface area contributed by atoms with Crippen LogP contribution in [-0.2, 0) is 14.3 Å². The second-order valence-electron chi connectivity index (χ2n) is 6.15. The summed E-state index contributed by atoms with van der Waals surface area (Å²) >= 11 is 0. The molecule has 0 aromatic heterocycles. The number of rotatable bonds is 3. The summed E-state index contributed by atoms with van der Waals surface area (Å²) in [6.45, 7) is 5.56. The fourth-order valence-electron chi connectivity index (χ4n) is 3.58. The first-order valence-electron chi connectivity index (χ1n) is 7.69. The third-order valence-corrected chi connectivity index (χ3v) is 4.40. The highest BCUT2D eigenvalue weighted by molar-refractivity contribution is 5.79. The largest absolute Gasteiger partial charge is 0.516 e. The number of esters is 1. The third kappa shape index (κ3) is 4.19. The number of ether oxygens (including phenoxy) is 2. The van der Waals surface area contributed by atoms with E-state index in [0.717, 1.165) is 11.5 Å². The Labute approximate surface area is 126 Å². The molecule has 2 aliphatic carbocycles. The Morgan fingerprint density at radius 2 is 2.00 bits per heavy atom. The molecule has 0 heterocycles. The summed E-state index contributed by atoms with van der Waals surface area (Å²) in [6.07, 6.45) is 7.58. The Kier molecular flexibility index (Phi) is 5.21. The van der Waals surface area contributed by atoms with Crippen LogP contribution >= 0.6 is 0 Å². The number of carbonyl (C=O) groups is 2. The minimum Gasteiger partial charge on any atom is -0.429 e. The van der Waals surface area contributed by atoms with Crippen LogP contribution in [0.4, 0.5) is 4.79 Å². The molecular weight excluding hydrogens is 268 g/mol. The Balaban J connectivity index is 1.93. The highest BCUT2D eigenvalue weighted by atomic mass is 16.7. The molecule has 0 radical (unpaired) electrons. The molecule has 1 fully saturated rings. The second-order valence-corrected chi connectivity index (χ2v) is 6.15. The average Bonchev–Trinajstić information content (AvgIpc) is 2.79. The maximum absolute atomic E-state index is 11.2. The van der Waals surface area contributed by atoms with Crippen molar-refractivity contribution in [3.05, 3.63) is 22.8 Å². The summed E-state index contributed by atoms with van der Waals surface area (Å²) in [5.41, 5.74) is 4.17. The molecule has 0 aliphatic heterocycles. The maximum Gasteiger partial charge on any atom is 0.516 e. The van der Waals surface area contributed by atoms with Crippen molar-refractivity contribution in [1.29, 1.82) is 0 Å². The first-order valence-corrected chi connectivity index (χ1v) is 7.69. The summed E-state index contributed by atoms with van der Waals surface area (Å²) in [5.74, 6) is 0.596. The minimum absolute atomic E-state index is 0.180. The smallest absolute Gasteiger partial charge is 0.429 e. The van der Waals surface area contributed by atoms with Crippen LogP contribution in [0, 0.1) is 11.8 Å². The lowest BCUT2D eigenvalue weighted by molar-refractivity contribution is -0.137. The normalized spacial score (nSPS) is 25.6. The van der Waals surface area contributed by atoms with Crippen molar-refractivity contribution in [2.75, 3.05) is 6.61 Å². The van der Waals surface area contributed by atoms with E-state index < -0.39 is 12.1 Å². The van der Waals surface area contributed by atoms with Crippen molar-refractivity contribution in [2.45, 2.75) is 52.9 Å². The molecule has 0 aromatic carbocycles. The number of fused-ring (bicyclic) bond motifs is 1. The van der Waals surface area contributed by atoms with E-state index in [1.54, 1.807) is 11.1 Å². The molecule has 1 unspecified atom stereocenters. The van der Waals surface area contributed by atoms with Gasteiger partial charge in [0.2, 0.25) is 0 Å². The second kappa shape index (κ2) is 6.92. The Morgan fingerprint density at radius 3 is 2.71 bits per heavy atom. The molecule has 1 saturated carbocycles. The van der Waals surface area contributed by atoms with E-state index in [9.17, 15) is 9.59 Å². The van der Waals surface area contributed by atoms with Gasteiger partial charge in [-0.15, -0.1) is 0 Å². The molecule has 2 atom stereocenters. The molecule has 4 heteroatoms. The van der Waals surface area contributed by atoms with E-state index >= 15 is 0 Å². The summed E-state index contributed by atoms with van der Waals surface area (Å²) < 4.78 is 9.27. The van der Waals surface area contributed by atoms with Crippen molar-refractivity contribution in [2.24, 2.45) is 11.8 Å². The van der Waals surface area contributed by atoms with Gasteiger partial charge in [-0.05, 0) is 56.9 Å². The highest BCUT2D eigenvalue weighted by Crippen LogP contribution is 2.45. The summed E-state index contributed by atoms with van der Waals surface area (Å²) in [7, 11) is 0. The van der Waals surface area contributed by atoms with Gasteiger partial charge in [0.1, 0.15) is 6.61 Å². The van der Waals surface area contributed by atoms with E-state index in [4.69, 9.17) is 4.74 Å². The van der Waals surface area contributed by atoms with Crippen LogP contribution in [0.15, 0.2) is 22.8 Å². The van der Waals surface area contributed by atoms with Gasteiger partial charge in [0.25, 0.3) is 0 Å². The fourth-order valence-corrected chi connectivity index (χ4v) is 3.58. The van der Waals surface area contributed by atoms with Crippen molar-refractivity contribution in [1.82, 2.24) is 0 Å². The SMILES string of the molecule is CC(=O)OC(=O)OC/C(C)=C\[C@@H]1CCCC2CCC(C)=C21. The zero-order valence-corrected chi connectivity index (χ0v) is 13.1. The van der Waals surface area contributed by atoms with E-state index in [1.807, 2.05) is 6.92 Å². The fraction of sp³-hybridized carbons (Fsp3) is 0.647. The van der Waals surface area contributed by atoms with Gasteiger partial charge in [0, 0.05) is 6.92 Å². The molecule has 0 N–H and O–H groups in total. The van der Waals surface area contributed by atoms with E-state index in [1.165, 1.54) is 39.0 Å². The number of hydrogen-bond acceptors (Lipinski definition) is 4.